The molecular formula is C16H25ClFN. The highest BCUT2D eigenvalue weighted by Gasteiger charge is 2.19. The molecule has 0 amide bonds. The Labute approximate surface area is 121 Å². The van der Waals surface area contributed by atoms with Gasteiger partial charge in [-0.3, -0.25) is 0 Å². The number of hydrogen-bond donors (Lipinski definition) is 1. The minimum Gasteiger partial charge on any atom is -0.316 e. The van der Waals surface area contributed by atoms with Crippen molar-refractivity contribution in [2.75, 3.05) is 7.05 Å². The fourth-order valence-corrected chi connectivity index (χ4v) is 2.92. The van der Waals surface area contributed by atoms with Crippen molar-refractivity contribution in [3.05, 3.63) is 34.6 Å². The summed E-state index contributed by atoms with van der Waals surface area (Å²) >= 11 is 5.85. The van der Waals surface area contributed by atoms with Crippen LogP contribution in [-0.2, 0) is 6.42 Å². The van der Waals surface area contributed by atoms with Gasteiger partial charge in [-0.15, -0.1) is 0 Å². The molecule has 0 aliphatic carbocycles. The Bertz CT molecular complexity index is 375. The van der Waals surface area contributed by atoms with Gasteiger partial charge in [0.2, 0.25) is 0 Å². The Morgan fingerprint density at radius 2 is 1.84 bits per heavy atom. The first kappa shape index (κ1) is 16.5. The molecule has 1 atom stereocenters. The third-order valence-electron chi connectivity index (χ3n) is 3.70. The fourth-order valence-electron chi connectivity index (χ4n) is 2.71. The lowest BCUT2D eigenvalue weighted by atomic mass is 9.87. The van der Waals surface area contributed by atoms with E-state index >= 15 is 0 Å². The third-order valence-corrected chi connectivity index (χ3v) is 3.99. The second-order valence-electron chi connectivity index (χ2n) is 5.19. The summed E-state index contributed by atoms with van der Waals surface area (Å²) in [6, 6.07) is 5.47. The van der Waals surface area contributed by atoms with Gasteiger partial charge in [-0.1, -0.05) is 44.4 Å². The standard InChI is InChI=1S/C16H25ClFN/c1-4-6-13(7-5-2)16(19-3)11-12-8-9-15(18)14(17)10-12/h8-10,13,16,19H,4-7,11H2,1-3H3. The Morgan fingerprint density at radius 1 is 1.21 bits per heavy atom. The average molecular weight is 286 g/mol. The van der Waals surface area contributed by atoms with Crippen molar-refractivity contribution in [1.82, 2.24) is 5.32 Å². The van der Waals surface area contributed by atoms with Gasteiger partial charge >= 0.3 is 0 Å². The first-order valence-corrected chi connectivity index (χ1v) is 7.61. The van der Waals surface area contributed by atoms with Crippen LogP contribution in [0.4, 0.5) is 4.39 Å². The highest BCUT2D eigenvalue weighted by Crippen LogP contribution is 2.23. The summed E-state index contributed by atoms with van der Waals surface area (Å²) in [6.07, 6.45) is 5.77. The number of hydrogen-bond acceptors (Lipinski definition) is 1. The van der Waals surface area contributed by atoms with Crippen LogP contribution in [0.1, 0.15) is 45.1 Å². The minimum atomic E-state index is -0.343. The number of benzene rings is 1. The van der Waals surface area contributed by atoms with E-state index in [0.29, 0.717) is 12.0 Å². The highest BCUT2D eigenvalue weighted by atomic mass is 35.5. The van der Waals surface area contributed by atoms with Gasteiger partial charge in [0.05, 0.1) is 5.02 Å². The van der Waals surface area contributed by atoms with Gasteiger partial charge in [-0.05, 0) is 49.9 Å². The first-order chi connectivity index (χ1) is 9.12. The van der Waals surface area contributed by atoms with E-state index in [4.69, 9.17) is 11.6 Å². The summed E-state index contributed by atoms with van der Waals surface area (Å²) in [4.78, 5) is 0. The first-order valence-electron chi connectivity index (χ1n) is 7.23. The number of nitrogens with one attached hydrogen (secondary N) is 1. The third kappa shape index (κ3) is 5.12. The molecule has 19 heavy (non-hydrogen) atoms. The van der Waals surface area contributed by atoms with Gasteiger partial charge in [0.1, 0.15) is 5.82 Å². The molecule has 0 aliphatic rings. The van der Waals surface area contributed by atoms with E-state index in [2.05, 4.69) is 19.2 Å². The topological polar surface area (TPSA) is 12.0 Å². The lowest BCUT2D eigenvalue weighted by molar-refractivity contribution is 0.322. The van der Waals surface area contributed by atoms with Crippen LogP contribution in [0.2, 0.25) is 5.02 Å². The van der Waals surface area contributed by atoms with Crippen molar-refractivity contribution in [3.63, 3.8) is 0 Å². The van der Waals surface area contributed by atoms with E-state index < -0.39 is 0 Å². The van der Waals surface area contributed by atoms with E-state index in [9.17, 15) is 4.39 Å². The van der Waals surface area contributed by atoms with Crippen LogP contribution >= 0.6 is 11.6 Å². The molecule has 0 aromatic heterocycles. The molecule has 0 spiro atoms. The smallest absolute Gasteiger partial charge is 0.141 e. The maximum absolute atomic E-state index is 13.2. The van der Waals surface area contributed by atoms with Gasteiger partial charge < -0.3 is 5.32 Å². The highest BCUT2D eigenvalue weighted by molar-refractivity contribution is 6.30. The van der Waals surface area contributed by atoms with Crippen molar-refractivity contribution >= 4 is 11.6 Å². The van der Waals surface area contributed by atoms with Gasteiger partial charge in [0, 0.05) is 6.04 Å². The zero-order valence-electron chi connectivity index (χ0n) is 12.2. The normalized spacial score (nSPS) is 12.9. The van der Waals surface area contributed by atoms with Crippen molar-refractivity contribution in [3.8, 4) is 0 Å². The summed E-state index contributed by atoms with van der Waals surface area (Å²) < 4.78 is 13.2. The van der Waals surface area contributed by atoms with Crippen molar-refractivity contribution in [2.24, 2.45) is 5.92 Å². The zero-order chi connectivity index (χ0) is 14.3. The van der Waals surface area contributed by atoms with Crippen molar-refractivity contribution < 1.29 is 4.39 Å². The summed E-state index contributed by atoms with van der Waals surface area (Å²) in [6.45, 7) is 4.45. The molecule has 0 fully saturated rings. The maximum Gasteiger partial charge on any atom is 0.141 e. The van der Waals surface area contributed by atoms with E-state index in [1.165, 1.54) is 31.7 Å². The molecule has 1 aromatic rings. The van der Waals surface area contributed by atoms with E-state index in [1.807, 2.05) is 13.1 Å². The maximum atomic E-state index is 13.2. The molecule has 1 rings (SSSR count). The molecule has 0 bridgehead atoms. The molecule has 1 unspecified atom stereocenters. The molecule has 1 aromatic carbocycles. The predicted molar refractivity (Wildman–Crippen MR) is 81.3 cm³/mol. The minimum absolute atomic E-state index is 0.217. The average Bonchev–Trinajstić information content (AvgIpc) is 2.40. The van der Waals surface area contributed by atoms with Gasteiger partial charge in [-0.25, -0.2) is 4.39 Å². The second kappa shape index (κ2) is 8.55. The predicted octanol–water partition coefficient (Wildman–Crippen LogP) is 4.83. The molecule has 3 heteroatoms. The van der Waals surface area contributed by atoms with Crippen LogP contribution in [0.5, 0.6) is 0 Å². The molecule has 1 N–H and O–H groups in total. The van der Waals surface area contributed by atoms with Crippen LogP contribution < -0.4 is 5.32 Å². The Morgan fingerprint density at radius 3 is 2.32 bits per heavy atom. The van der Waals surface area contributed by atoms with Gasteiger partial charge in [0.15, 0.2) is 0 Å². The molecular weight excluding hydrogens is 261 g/mol. The Hall–Kier alpha value is -0.600. The zero-order valence-corrected chi connectivity index (χ0v) is 12.9. The quantitative estimate of drug-likeness (QED) is 0.722. The van der Waals surface area contributed by atoms with E-state index in [-0.39, 0.29) is 10.8 Å². The Kier molecular flexibility index (Phi) is 7.40. The molecule has 0 radical (unpaired) electrons. The lowest BCUT2D eigenvalue weighted by Crippen LogP contribution is -2.35. The molecule has 0 saturated carbocycles. The fraction of sp³-hybridized carbons (Fsp3) is 0.625. The van der Waals surface area contributed by atoms with E-state index in [0.717, 1.165) is 12.0 Å². The molecule has 1 nitrogen and oxygen atoms in total. The van der Waals surface area contributed by atoms with Crippen LogP contribution in [-0.4, -0.2) is 13.1 Å². The SMILES string of the molecule is CCCC(CCC)C(Cc1ccc(F)c(Cl)c1)NC. The monoisotopic (exact) mass is 285 g/mol. The summed E-state index contributed by atoms with van der Waals surface area (Å²) in [5, 5.41) is 3.63. The summed E-state index contributed by atoms with van der Waals surface area (Å²) in [5.74, 6) is 0.328. The van der Waals surface area contributed by atoms with Crippen LogP contribution in [0, 0.1) is 11.7 Å². The summed E-state index contributed by atoms with van der Waals surface area (Å²) in [5.41, 5.74) is 1.10. The summed E-state index contributed by atoms with van der Waals surface area (Å²) in [7, 11) is 2.01. The van der Waals surface area contributed by atoms with Crippen molar-refractivity contribution in [1.29, 1.82) is 0 Å². The van der Waals surface area contributed by atoms with Gasteiger partial charge in [0.25, 0.3) is 0 Å². The van der Waals surface area contributed by atoms with Crippen LogP contribution in [0.15, 0.2) is 18.2 Å². The number of likely N-dealkylation sites (N-methyl/N-ethyl adjacent to an activating group) is 1. The number of rotatable bonds is 8. The molecule has 108 valence electrons. The molecule has 0 aliphatic heterocycles. The Balaban J connectivity index is 2.75. The lowest BCUT2D eigenvalue weighted by Gasteiger charge is -2.26. The van der Waals surface area contributed by atoms with Gasteiger partial charge in [-0.2, -0.15) is 0 Å². The number of halogens is 2. The molecule has 0 saturated heterocycles. The molecule has 0 heterocycles. The second-order valence-corrected chi connectivity index (χ2v) is 5.59. The van der Waals surface area contributed by atoms with Crippen LogP contribution in [0.3, 0.4) is 0 Å². The van der Waals surface area contributed by atoms with E-state index in [1.54, 1.807) is 6.07 Å². The van der Waals surface area contributed by atoms with Crippen molar-refractivity contribution in [2.45, 2.75) is 52.0 Å². The largest absolute Gasteiger partial charge is 0.316 e. The van der Waals surface area contributed by atoms with Crippen LogP contribution in [0.25, 0.3) is 0 Å².